The number of benzene rings is 2. The first-order chi connectivity index (χ1) is 13.5. The molecule has 3 rings (SSSR count). The standard InChI is InChI=1S/C22H27F2NO3/c23-17-5-1-15(2-6-17)22(16-3-7-18(24)8-4-16)28-14-21(27)13-25-19-9-11-20(26)12-10-19/h1-8,19-22,25-27H,9-14H2/p+1/t19?,20?,21-/m0/s1. The minimum atomic E-state index is -0.657. The maximum absolute atomic E-state index is 13.3. The average molecular weight is 392 g/mol. The molecule has 152 valence electrons. The maximum Gasteiger partial charge on any atom is 0.126 e. The van der Waals surface area contributed by atoms with E-state index in [-0.39, 0.29) is 24.3 Å². The van der Waals surface area contributed by atoms with Crippen LogP contribution in [-0.2, 0) is 4.74 Å². The SMILES string of the molecule is OC1CCC([NH2+]C[C@H](O)COC(c2ccc(F)cc2)c2ccc(F)cc2)CC1. The van der Waals surface area contributed by atoms with E-state index < -0.39 is 12.2 Å². The molecule has 0 bridgehead atoms. The summed E-state index contributed by atoms with van der Waals surface area (Å²) in [7, 11) is 0. The molecule has 0 amide bonds. The van der Waals surface area contributed by atoms with Crippen molar-refractivity contribution in [2.45, 2.75) is 50.0 Å². The number of aliphatic hydroxyl groups is 2. The highest BCUT2D eigenvalue weighted by atomic mass is 19.1. The van der Waals surface area contributed by atoms with Crippen LogP contribution in [0.5, 0.6) is 0 Å². The number of hydrogen-bond donors (Lipinski definition) is 3. The summed E-state index contributed by atoms with van der Waals surface area (Å²) >= 11 is 0. The number of halogens is 2. The molecule has 4 nitrogen and oxygen atoms in total. The van der Waals surface area contributed by atoms with Crippen molar-refractivity contribution < 1.29 is 29.0 Å². The third-order valence-electron chi connectivity index (χ3n) is 5.28. The molecule has 0 unspecified atom stereocenters. The van der Waals surface area contributed by atoms with Crippen LogP contribution >= 0.6 is 0 Å². The lowest BCUT2D eigenvalue weighted by Crippen LogP contribution is -2.92. The predicted molar refractivity (Wildman–Crippen MR) is 102 cm³/mol. The van der Waals surface area contributed by atoms with Gasteiger partial charge in [-0.25, -0.2) is 8.78 Å². The molecule has 1 fully saturated rings. The predicted octanol–water partition coefficient (Wildman–Crippen LogP) is 2.30. The van der Waals surface area contributed by atoms with E-state index in [0.29, 0.717) is 12.6 Å². The van der Waals surface area contributed by atoms with Gasteiger partial charge in [0.05, 0.1) is 18.8 Å². The van der Waals surface area contributed by atoms with Gasteiger partial charge < -0.3 is 20.3 Å². The van der Waals surface area contributed by atoms with Crippen molar-refractivity contribution in [2.24, 2.45) is 0 Å². The van der Waals surface area contributed by atoms with E-state index in [4.69, 9.17) is 4.74 Å². The van der Waals surface area contributed by atoms with Crippen molar-refractivity contribution in [1.29, 1.82) is 0 Å². The van der Waals surface area contributed by atoms with Crippen LogP contribution in [0.1, 0.15) is 42.9 Å². The topological polar surface area (TPSA) is 66.3 Å². The van der Waals surface area contributed by atoms with Gasteiger partial charge in [0.1, 0.15) is 30.4 Å². The van der Waals surface area contributed by atoms with Crippen LogP contribution in [0.2, 0.25) is 0 Å². The first-order valence-corrected chi connectivity index (χ1v) is 9.83. The summed E-state index contributed by atoms with van der Waals surface area (Å²) in [4.78, 5) is 0. The number of hydrogen-bond acceptors (Lipinski definition) is 3. The summed E-state index contributed by atoms with van der Waals surface area (Å²) in [5.41, 5.74) is 1.48. The number of nitrogens with two attached hydrogens (primary N) is 1. The van der Waals surface area contributed by atoms with Gasteiger partial charge in [-0.05, 0) is 48.2 Å². The molecule has 0 radical (unpaired) electrons. The molecule has 0 heterocycles. The Kier molecular flexibility index (Phi) is 7.50. The molecule has 1 saturated carbocycles. The zero-order valence-corrected chi connectivity index (χ0v) is 15.8. The monoisotopic (exact) mass is 392 g/mol. The summed E-state index contributed by atoms with van der Waals surface area (Å²) in [5, 5.41) is 22.0. The Morgan fingerprint density at radius 3 is 1.89 bits per heavy atom. The van der Waals surface area contributed by atoms with Crippen LogP contribution in [0.15, 0.2) is 48.5 Å². The highest BCUT2D eigenvalue weighted by Gasteiger charge is 2.23. The Morgan fingerprint density at radius 2 is 1.39 bits per heavy atom. The molecule has 2 aromatic rings. The first-order valence-electron chi connectivity index (χ1n) is 9.83. The molecule has 1 aliphatic rings. The van der Waals surface area contributed by atoms with Crippen LogP contribution in [0.4, 0.5) is 8.78 Å². The van der Waals surface area contributed by atoms with Crippen molar-refractivity contribution in [1.82, 2.24) is 0 Å². The zero-order valence-electron chi connectivity index (χ0n) is 15.8. The number of quaternary nitrogens is 1. The molecule has 2 aromatic carbocycles. The molecule has 6 heteroatoms. The summed E-state index contributed by atoms with van der Waals surface area (Å²) < 4.78 is 32.5. The van der Waals surface area contributed by atoms with Crippen molar-refractivity contribution in [3.8, 4) is 0 Å². The van der Waals surface area contributed by atoms with Crippen molar-refractivity contribution >= 4 is 0 Å². The van der Waals surface area contributed by atoms with Crippen LogP contribution in [0.3, 0.4) is 0 Å². The fourth-order valence-electron chi connectivity index (χ4n) is 3.62. The second-order valence-corrected chi connectivity index (χ2v) is 7.51. The lowest BCUT2D eigenvalue weighted by molar-refractivity contribution is -0.697. The molecule has 0 saturated heterocycles. The van der Waals surface area contributed by atoms with E-state index in [0.717, 1.165) is 36.8 Å². The van der Waals surface area contributed by atoms with Gasteiger partial charge >= 0.3 is 0 Å². The van der Waals surface area contributed by atoms with Gasteiger partial charge in [-0.3, -0.25) is 0 Å². The van der Waals surface area contributed by atoms with Gasteiger partial charge in [-0.1, -0.05) is 24.3 Å². The van der Waals surface area contributed by atoms with Gasteiger partial charge in [0.2, 0.25) is 0 Å². The van der Waals surface area contributed by atoms with Gasteiger partial charge in [0.25, 0.3) is 0 Å². The number of aliphatic hydroxyl groups excluding tert-OH is 2. The van der Waals surface area contributed by atoms with Crippen LogP contribution in [0, 0.1) is 11.6 Å². The molecule has 4 N–H and O–H groups in total. The quantitative estimate of drug-likeness (QED) is 0.646. The van der Waals surface area contributed by atoms with E-state index in [9.17, 15) is 19.0 Å². The van der Waals surface area contributed by atoms with Gasteiger partial charge in [-0.2, -0.15) is 0 Å². The van der Waals surface area contributed by atoms with Crippen molar-refractivity contribution in [2.75, 3.05) is 13.2 Å². The first kappa shape index (κ1) is 20.9. The molecular formula is C22H28F2NO3+. The summed E-state index contributed by atoms with van der Waals surface area (Å²) in [6.07, 6.45) is 2.15. The second-order valence-electron chi connectivity index (χ2n) is 7.51. The number of ether oxygens (including phenoxy) is 1. The van der Waals surface area contributed by atoms with Crippen molar-refractivity contribution in [3.63, 3.8) is 0 Å². The highest BCUT2D eigenvalue weighted by molar-refractivity contribution is 5.30. The van der Waals surface area contributed by atoms with E-state index >= 15 is 0 Å². The molecule has 28 heavy (non-hydrogen) atoms. The summed E-state index contributed by atoms with van der Waals surface area (Å²) in [6.45, 7) is 0.631. The van der Waals surface area contributed by atoms with Gasteiger partial charge in [0, 0.05) is 12.8 Å². The lowest BCUT2D eigenvalue weighted by Gasteiger charge is -2.25. The Balaban J connectivity index is 1.58. The van der Waals surface area contributed by atoms with Crippen LogP contribution in [0.25, 0.3) is 0 Å². The van der Waals surface area contributed by atoms with E-state index in [1.165, 1.54) is 24.3 Å². The molecule has 0 aromatic heterocycles. The second kappa shape index (κ2) is 10.1. The van der Waals surface area contributed by atoms with E-state index in [1.54, 1.807) is 24.3 Å². The van der Waals surface area contributed by atoms with E-state index in [1.807, 2.05) is 0 Å². The molecule has 1 aliphatic carbocycles. The fourth-order valence-corrected chi connectivity index (χ4v) is 3.62. The molecule has 0 spiro atoms. The van der Waals surface area contributed by atoms with Gasteiger partial charge in [-0.15, -0.1) is 0 Å². The number of rotatable bonds is 8. The Bertz CT molecular complexity index is 670. The maximum atomic E-state index is 13.3. The molecule has 1 atom stereocenters. The summed E-state index contributed by atoms with van der Waals surface area (Å²) in [5.74, 6) is -0.678. The normalized spacial score (nSPS) is 21.0. The molecular weight excluding hydrogens is 364 g/mol. The van der Waals surface area contributed by atoms with Crippen molar-refractivity contribution in [3.05, 3.63) is 71.3 Å². The molecule has 0 aliphatic heterocycles. The Labute approximate surface area is 164 Å². The minimum absolute atomic E-state index is 0.116. The van der Waals surface area contributed by atoms with Crippen LogP contribution < -0.4 is 5.32 Å². The highest BCUT2D eigenvalue weighted by Crippen LogP contribution is 2.26. The largest absolute Gasteiger partial charge is 0.393 e. The lowest BCUT2D eigenvalue weighted by atomic mass is 9.93. The zero-order chi connectivity index (χ0) is 19.9. The minimum Gasteiger partial charge on any atom is -0.393 e. The summed E-state index contributed by atoms with van der Waals surface area (Å²) in [6, 6.07) is 12.4. The average Bonchev–Trinajstić information content (AvgIpc) is 2.70. The van der Waals surface area contributed by atoms with E-state index in [2.05, 4.69) is 5.32 Å². The fraction of sp³-hybridized carbons (Fsp3) is 0.455. The smallest absolute Gasteiger partial charge is 0.126 e. The van der Waals surface area contributed by atoms with Gasteiger partial charge in [0.15, 0.2) is 0 Å². The Hall–Kier alpha value is -1.86. The Morgan fingerprint density at radius 1 is 0.893 bits per heavy atom. The third-order valence-corrected chi connectivity index (χ3v) is 5.28. The van der Waals surface area contributed by atoms with Crippen LogP contribution in [-0.4, -0.2) is 41.6 Å². The third kappa shape index (κ3) is 6.07.